The van der Waals surface area contributed by atoms with Gasteiger partial charge in [0, 0.05) is 6.07 Å². The Bertz CT molecular complexity index is 1050. The Kier molecular flexibility index (Phi) is 5.97. The standard InChI is InChI=1S/C22H23N3O4/c1-14(2)15-8-10-16(11-9-15)18(13-21(27)28)23-22(29)19-12-20(26)25(24-19)17-6-4-3-5-7-17/h3-12,14,18,24H,13H2,1-2H3,(H,23,29)(H,27,28). The van der Waals surface area contributed by atoms with Crippen LogP contribution in [0.3, 0.4) is 0 Å². The number of hydrogen-bond donors (Lipinski definition) is 3. The fraction of sp³-hybridized carbons (Fsp3) is 0.227. The fourth-order valence-corrected chi connectivity index (χ4v) is 3.06. The minimum atomic E-state index is -1.03. The number of carbonyl (C=O) groups is 2. The smallest absolute Gasteiger partial charge is 0.305 e. The van der Waals surface area contributed by atoms with E-state index >= 15 is 0 Å². The van der Waals surface area contributed by atoms with Gasteiger partial charge >= 0.3 is 5.97 Å². The molecular formula is C22H23N3O4. The average molecular weight is 393 g/mol. The number of benzene rings is 2. The second kappa shape index (κ2) is 8.60. The summed E-state index contributed by atoms with van der Waals surface area (Å²) in [5.74, 6) is -1.23. The van der Waals surface area contributed by atoms with Crippen LogP contribution in [0.2, 0.25) is 0 Å². The van der Waals surface area contributed by atoms with E-state index in [4.69, 9.17) is 0 Å². The zero-order valence-corrected chi connectivity index (χ0v) is 16.3. The van der Waals surface area contributed by atoms with Crippen molar-refractivity contribution in [3.8, 4) is 5.69 Å². The number of nitrogens with one attached hydrogen (secondary N) is 2. The number of aliphatic carboxylic acids is 1. The highest BCUT2D eigenvalue weighted by Gasteiger charge is 2.21. The summed E-state index contributed by atoms with van der Waals surface area (Å²) in [6.45, 7) is 4.14. The molecule has 0 spiro atoms. The Labute approximate surface area is 168 Å². The molecule has 0 aliphatic rings. The minimum Gasteiger partial charge on any atom is -0.481 e. The number of nitrogens with zero attached hydrogens (tertiary/aromatic N) is 1. The van der Waals surface area contributed by atoms with Crippen molar-refractivity contribution in [2.75, 3.05) is 0 Å². The van der Waals surface area contributed by atoms with E-state index in [0.29, 0.717) is 17.2 Å². The lowest BCUT2D eigenvalue weighted by Crippen LogP contribution is -2.30. The number of carboxylic acid groups (broad SMARTS) is 1. The van der Waals surface area contributed by atoms with Gasteiger partial charge in [-0.2, -0.15) is 0 Å². The molecular weight excluding hydrogens is 370 g/mol. The van der Waals surface area contributed by atoms with Crippen molar-refractivity contribution in [1.29, 1.82) is 0 Å². The van der Waals surface area contributed by atoms with Gasteiger partial charge in [0.15, 0.2) is 0 Å². The number of H-pyrrole nitrogens is 1. The zero-order valence-electron chi connectivity index (χ0n) is 16.3. The number of carbonyl (C=O) groups excluding carboxylic acids is 1. The fourth-order valence-electron chi connectivity index (χ4n) is 3.06. The predicted octanol–water partition coefficient (Wildman–Crippen LogP) is 3.23. The number of hydrogen-bond acceptors (Lipinski definition) is 3. The van der Waals surface area contributed by atoms with E-state index in [1.54, 1.807) is 24.3 Å². The molecule has 0 fully saturated rings. The molecule has 0 bridgehead atoms. The summed E-state index contributed by atoms with van der Waals surface area (Å²) < 4.78 is 1.26. The first-order valence-electron chi connectivity index (χ1n) is 9.35. The molecule has 0 radical (unpaired) electrons. The number of rotatable bonds is 7. The molecule has 3 N–H and O–H groups in total. The number of aromatic nitrogens is 2. The van der Waals surface area contributed by atoms with Crippen LogP contribution in [0, 0.1) is 0 Å². The Morgan fingerprint density at radius 1 is 1.03 bits per heavy atom. The summed E-state index contributed by atoms with van der Waals surface area (Å²) >= 11 is 0. The van der Waals surface area contributed by atoms with Crippen molar-refractivity contribution in [2.24, 2.45) is 0 Å². The van der Waals surface area contributed by atoms with Gasteiger partial charge in [-0.05, 0) is 29.2 Å². The maximum absolute atomic E-state index is 12.7. The minimum absolute atomic E-state index is 0.0630. The number of aromatic amines is 1. The van der Waals surface area contributed by atoms with Crippen LogP contribution in [-0.4, -0.2) is 26.8 Å². The lowest BCUT2D eigenvalue weighted by atomic mass is 9.97. The van der Waals surface area contributed by atoms with Crippen molar-refractivity contribution in [2.45, 2.75) is 32.2 Å². The zero-order chi connectivity index (χ0) is 21.0. The molecule has 0 aliphatic heterocycles. The van der Waals surface area contributed by atoms with Crippen LogP contribution >= 0.6 is 0 Å². The summed E-state index contributed by atoms with van der Waals surface area (Å²) in [4.78, 5) is 36.2. The molecule has 1 amide bonds. The molecule has 3 rings (SSSR count). The van der Waals surface area contributed by atoms with Crippen LogP contribution in [0.25, 0.3) is 5.69 Å². The molecule has 0 aliphatic carbocycles. The maximum Gasteiger partial charge on any atom is 0.305 e. The van der Waals surface area contributed by atoms with Crippen LogP contribution < -0.4 is 10.9 Å². The highest BCUT2D eigenvalue weighted by Crippen LogP contribution is 2.21. The molecule has 0 saturated heterocycles. The largest absolute Gasteiger partial charge is 0.481 e. The molecule has 2 aromatic carbocycles. The third-order valence-electron chi connectivity index (χ3n) is 4.67. The van der Waals surface area contributed by atoms with Gasteiger partial charge in [0.05, 0.1) is 18.2 Å². The van der Waals surface area contributed by atoms with Gasteiger partial charge < -0.3 is 10.4 Å². The van der Waals surface area contributed by atoms with E-state index in [-0.39, 0.29) is 17.7 Å². The first kappa shape index (κ1) is 20.1. The molecule has 150 valence electrons. The predicted molar refractivity (Wildman–Crippen MR) is 109 cm³/mol. The van der Waals surface area contributed by atoms with Gasteiger partial charge in [-0.15, -0.1) is 0 Å². The summed E-state index contributed by atoms with van der Waals surface area (Å²) in [5, 5.41) is 14.7. The SMILES string of the molecule is CC(C)c1ccc(C(CC(=O)O)NC(=O)c2cc(=O)n(-c3ccccc3)[nH]2)cc1. The molecule has 29 heavy (non-hydrogen) atoms. The van der Waals surface area contributed by atoms with Crippen molar-refractivity contribution < 1.29 is 14.7 Å². The summed E-state index contributed by atoms with van der Waals surface area (Å²) in [6.07, 6.45) is -0.267. The first-order chi connectivity index (χ1) is 13.8. The van der Waals surface area contributed by atoms with Crippen molar-refractivity contribution in [3.05, 3.63) is 87.8 Å². The van der Waals surface area contributed by atoms with Crippen molar-refractivity contribution in [1.82, 2.24) is 15.1 Å². The third-order valence-corrected chi connectivity index (χ3v) is 4.67. The highest BCUT2D eigenvalue weighted by molar-refractivity contribution is 5.92. The van der Waals surface area contributed by atoms with Crippen molar-refractivity contribution in [3.63, 3.8) is 0 Å². The van der Waals surface area contributed by atoms with Crippen LogP contribution in [0.1, 0.15) is 53.8 Å². The Morgan fingerprint density at radius 3 is 2.24 bits per heavy atom. The van der Waals surface area contributed by atoms with Gasteiger partial charge in [0.25, 0.3) is 11.5 Å². The molecule has 7 heteroatoms. The van der Waals surface area contributed by atoms with E-state index in [2.05, 4.69) is 24.3 Å². The molecule has 7 nitrogen and oxygen atoms in total. The Balaban J connectivity index is 1.84. The molecule has 1 atom stereocenters. The molecule has 1 aromatic heterocycles. The van der Waals surface area contributed by atoms with E-state index in [1.807, 2.05) is 30.3 Å². The topological polar surface area (TPSA) is 104 Å². The quantitative estimate of drug-likeness (QED) is 0.573. The van der Waals surface area contributed by atoms with E-state index < -0.39 is 17.9 Å². The van der Waals surface area contributed by atoms with E-state index in [0.717, 1.165) is 5.56 Å². The van der Waals surface area contributed by atoms with E-state index in [1.165, 1.54) is 10.7 Å². The lowest BCUT2D eigenvalue weighted by Gasteiger charge is -2.18. The Morgan fingerprint density at radius 2 is 1.66 bits per heavy atom. The van der Waals surface area contributed by atoms with Gasteiger partial charge in [-0.3, -0.25) is 19.5 Å². The molecule has 1 unspecified atom stereocenters. The number of carboxylic acids is 1. The van der Waals surface area contributed by atoms with Crippen LogP contribution in [-0.2, 0) is 4.79 Å². The normalized spacial score (nSPS) is 12.0. The Hall–Kier alpha value is -3.61. The third kappa shape index (κ3) is 4.82. The summed E-state index contributed by atoms with van der Waals surface area (Å²) in [7, 11) is 0. The molecule has 3 aromatic rings. The average Bonchev–Trinajstić information content (AvgIpc) is 3.09. The van der Waals surface area contributed by atoms with Crippen molar-refractivity contribution >= 4 is 11.9 Å². The van der Waals surface area contributed by atoms with Gasteiger partial charge in [-0.1, -0.05) is 56.3 Å². The van der Waals surface area contributed by atoms with Crippen LogP contribution in [0.15, 0.2) is 65.5 Å². The van der Waals surface area contributed by atoms with E-state index in [9.17, 15) is 19.5 Å². The van der Waals surface area contributed by atoms with Gasteiger partial charge in [-0.25, -0.2) is 4.68 Å². The van der Waals surface area contributed by atoms with Crippen LogP contribution in [0.5, 0.6) is 0 Å². The molecule has 1 heterocycles. The molecule has 0 saturated carbocycles. The second-order valence-corrected chi connectivity index (χ2v) is 7.12. The second-order valence-electron chi connectivity index (χ2n) is 7.12. The first-order valence-corrected chi connectivity index (χ1v) is 9.35. The highest BCUT2D eigenvalue weighted by atomic mass is 16.4. The van der Waals surface area contributed by atoms with Gasteiger partial charge in [0.2, 0.25) is 0 Å². The van der Waals surface area contributed by atoms with Crippen LogP contribution in [0.4, 0.5) is 0 Å². The lowest BCUT2D eigenvalue weighted by molar-refractivity contribution is -0.137. The number of para-hydroxylation sites is 1. The summed E-state index contributed by atoms with van der Waals surface area (Å²) in [6, 6.07) is 16.8. The number of amides is 1. The monoisotopic (exact) mass is 393 g/mol. The maximum atomic E-state index is 12.7. The summed E-state index contributed by atoms with van der Waals surface area (Å²) in [5.41, 5.74) is 2.10. The van der Waals surface area contributed by atoms with Gasteiger partial charge in [0.1, 0.15) is 5.69 Å².